The van der Waals surface area contributed by atoms with Crippen LogP contribution in [0.3, 0.4) is 0 Å². The van der Waals surface area contributed by atoms with Gasteiger partial charge in [-0.3, -0.25) is 10.1 Å². The summed E-state index contributed by atoms with van der Waals surface area (Å²) in [6.45, 7) is 7.13. The molecule has 1 unspecified atom stereocenters. The van der Waals surface area contributed by atoms with Crippen molar-refractivity contribution in [3.8, 4) is 11.5 Å². The van der Waals surface area contributed by atoms with E-state index in [4.69, 9.17) is 23.3 Å². The molecule has 1 aromatic carbocycles. The summed E-state index contributed by atoms with van der Waals surface area (Å²) in [5.74, 6) is 0.694. The summed E-state index contributed by atoms with van der Waals surface area (Å²) in [4.78, 5) is 24.2. The highest BCUT2D eigenvalue weighted by Gasteiger charge is 2.18. The first-order chi connectivity index (χ1) is 15.8. The van der Waals surface area contributed by atoms with Gasteiger partial charge in [0.15, 0.2) is 17.6 Å². The average Bonchev–Trinajstić information content (AvgIpc) is 3.34. The van der Waals surface area contributed by atoms with Crippen molar-refractivity contribution in [2.45, 2.75) is 40.4 Å². The SMILES string of the molecule is COc1cc(/C=C/C(=O)OC(C)C(=O)Nc2cc(C)no2)ccc1OCc1c(C)noc1C. The van der Waals surface area contributed by atoms with Crippen LogP contribution >= 0.6 is 0 Å². The second-order valence-electron chi connectivity index (χ2n) is 7.24. The third-order valence-electron chi connectivity index (χ3n) is 4.69. The van der Waals surface area contributed by atoms with Gasteiger partial charge in [-0.25, -0.2) is 4.79 Å². The first kappa shape index (κ1) is 23.6. The van der Waals surface area contributed by atoms with Crippen molar-refractivity contribution in [1.82, 2.24) is 10.3 Å². The zero-order valence-corrected chi connectivity index (χ0v) is 19.0. The second kappa shape index (κ2) is 10.5. The van der Waals surface area contributed by atoms with Crippen LogP contribution in [0.5, 0.6) is 11.5 Å². The smallest absolute Gasteiger partial charge is 0.331 e. The van der Waals surface area contributed by atoms with Gasteiger partial charge in [0.2, 0.25) is 5.88 Å². The minimum Gasteiger partial charge on any atom is -0.493 e. The van der Waals surface area contributed by atoms with Gasteiger partial charge in [0.25, 0.3) is 5.91 Å². The third kappa shape index (κ3) is 6.22. The van der Waals surface area contributed by atoms with Crippen molar-refractivity contribution >= 4 is 23.8 Å². The highest BCUT2D eigenvalue weighted by molar-refractivity contribution is 5.95. The molecule has 2 heterocycles. The number of benzene rings is 1. The van der Waals surface area contributed by atoms with E-state index in [1.165, 1.54) is 20.1 Å². The first-order valence-corrected chi connectivity index (χ1v) is 10.1. The number of hydrogen-bond donors (Lipinski definition) is 1. The standard InChI is InChI=1S/C23H25N3O7/c1-13-10-21(33-25-13)24-23(28)16(4)31-22(27)9-7-17-6-8-19(20(11-17)29-5)30-12-18-14(2)26-32-15(18)3/h6-11,16H,12H2,1-5H3,(H,24,28)/b9-7+. The molecule has 0 aliphatic heterocycles. The Balaban J connectivity index is 1.57. The Morgan fingerprint density at radius 3 is 2.55 bits per heavy atom. The maximum atomic E-state index is 12.1. The Morgan fingerprint density at radius 2 is 1.91 bits per heavy atom. The van der Waals surface area contributed by atoms with Gasteiger partial charge in [0.05, 0.1) is 24.1 Å². The van der Waals surface area contributed by atoms with Crippen LogP contribution < -0.4 is 14.8 Å². The molecule has 0 fully saturated rings. The fraction of sp³-hybridized carbons (Fsp3) is 0.304. The Labute approximate surface area is 190 Å². The molecule has 174 valence electrons. The molecule has 2 aromatic heterocycles. The summed E-state index contributed by atoms with van der Waals surface area (Å²) < 4.78 is 26.4. The molecule has 0 radical (unpaired) electrons. The molecule has 1 atom stereocenters. The number of carbonyl (C=O) groups excluding carboxylic acids is 2. The minimum atomic E-state index is -1.03. The molecule has 10 heteroatoms. The quantitative estimate of drug-likeness (QED) is 0.379. The van der Waals surface area contributed by atoms with Gasteiger partial charge >= 0.3 is 5.97 Å². The maximum Gasteiger partial charge on any atom is 0.331 e. The van der Waals surface area contributed by atoms with E-state index >= 15 is 0 Å². The molecule has 3 rings (SSSR count). The molecule has 33 heavy (non-hydrogen) atoms. The van der Waals surface area contributed by atoms with Crippen LogP contribution in [0, 0.1) is 20.8 Å². The number of ether oxygens (including phenoxy) is 3. The number of rotatable bonds is 9. The van der Waals surface area contributed by atoms with E-state index < -0.39 is 18.0 Å². The number of amides is 1. The summed E-state index contributed by atoms with van der Waals surface area (Å²) in [5, 5.41) is 10.1. The predicted molar refractivity (Wildman–Crippen MR) is 118 cm³/mol. The second-order valence-corrected chi connectivity index (χ2v) is 7.24. The highest BCUT2D eigenvalue weighted by atomic mass is 16.5. The van der Waals surface area contributed by atoms with E-state index in [0.717, 1.165) is 11.3 Å². The molecule has 0 saturated carbocycles. The molecule has 0 aliphatic carbocycles. The van der Waals surface area contributed by atoms with Crippen LogP contribution in [0.15, 0.2) is 39.4 Å². The lowest BCUT2D eigenvalue weighted by molar-refractivity contribution is -0.148. The van der Waals surface area contributed by atoms with E-state index in [1.807, 2.05) is 13.8 Å². The highest BCUT2D eigenvalue weighted by Crippen LogP contribution is 2.30. The number of hydrogen-bond acceptors (Lipinski definition) is 9. The van der Waals surface area contributed by atoms with Crippen LogP contribution in [0.4, 0.5) is 5.88 Å². The monoisotopic (exact) mass is 455 g/mol. The number of esters is 1. The first-order valence-electron chi connectivity index (χ1n) is 10.1. The number of aromatic nitrogens is 2. The molecule has 0 bridgehead atoms. The summed E-state index contributed by atoms with van der Waals surface area (Å²) >= 11 is 0. The lowest BCUT2D eigenvalue weighted by Crippen LogP contribution is -2.29. The van der Waals surface area contributed by atoms with Crippen molar-refractivity contribution in [3.63, 3.8) is 0 Å². The number of anilines is 1. The molecular formula is C23H25N3O7. The lowest BCUT2D eigenvalue weighted by Gasteiger charge is -2.11. The van der Waals surface area contributed by atoms with Crippen molar-refractivity contribution in [3.05, 3.63) is 58.6 Å². The van der Waals surface area contributed by atoms with Gasteiger partial charge < -0.3 is 23.3 Å². The minimum absolute atomic E-state index is 0.180. The van der Waals surface area contributed by atoms with Crippen LogP contribution in [0.2, 0.25) is 0 Å². The van der Waals surface area contributed by atoms with E-state index in [0.29, 0.717) is 28.5 Å². The molecule has 0 aliphatic rings. The van der Waals surface area contributed by atoms with E-state index in [-0.39, 0.29) is 12.5 Å². The number of carbonyl (C=O) groups is 2. The lowest BCUT2D eigenvalue weighted by atomic mass is 10.2. The van der Waals surface area contributed by atoms with Crippen molar-refractivity contribution in [1.29, 1.82) is 0 Å². The summed E-state index contributed by atoms with van der Waals surface area (Å²) in [5.41, 5.74) is 2.94. The van der Waals surface area contributed by atoms with Crippen molar-refractivity contribution in [2.24, 2.45) is 0 Å². The van der Waals surface area contributed by atoms with Crippen LogP contribution in [-0.2, 0) is 20.9 Å². The molecule has 0 spiro atoms. The van der Waals surface area contributed by atoms with E-state index in [2.05, 4.69) is 15.6 Å². The summed E-state index contributed by atoms with van der Waals surface area (Å²) in [6, 6.07) is 6.77. The number of aryl methyl sites for hydroxylation is 3. The fourth-order valence-corrected chi connectivity index (χ4v) is 2.84. The Kier molecular flexibility index (Phi) is 7.50. The molecular weight excluding hydrogens is 430 g/mol. The third-order valence-corrected chi connectivity index (χ3v) is 4.69. The summed E-state index contributed by atoms with van der Waals surface area (Å²) in [7, 11) is 1.52. The van der Waals surface area contributed by atoms with Crippen LogP contribution in [0.25, 0.3) is 6.08 Å². The molecule has 3 aromatic rings. The zero-order valence-electron chi connectivity index (χ0n) is 19.0. The molecule has 1 amide bonds. The van der Waals surface area contributed by atoms with Gasteiger partial charge in [0.1, 0.15) is 12.4 Å². The molecule has 1 N–H and O–H groups in total. The number of nitrogens with zero attached hydrogens (tertiary/aromatic N) is 2. The number of nitrogens with one attached hydrogen (secondary N) is 1. The van der Waals surface area contributed by atoms with E-state index in [9.17, 15) is 9.59 Å². The van der Waals surface area contributed by atoms with Gasteiger partial charge in [-0.1, -0.05) is 16.4 Å². The maximum absolute atomic E-state index is 12.1. The Hall–Kier alpha value is -4.08. The largest absolute Gasteiger partial charge is 0.493 e. The zero-order chi connectivity index (χ0) is 24.0. The van der Waals surface area contributed by atoms with Crippen LogP contribution in [-0.4, -0.2) is 35.4 Å². The number of methoxy groups -OCH3 is 1. The molecule has 0 saturated heterocycles. The molecule has 10 nitrogen and oxygen atoms in total. The van der Waals surface area contributed by atoms with Gasteiger partial charge in [-0.2, -0.15) is 0 Å². The Bertz CT molecular complexity index is 1140. The van der Waals surface area contributed by atoms with Gasteiger partial charge in [-0.15, -0.1) is 0 Å². The van der Waals surface area contributed by atoms with Gasteiger partial charge in [0, 0.05) is 12.1 Å². The summed E-state index contributed by atoms with van der Waals surface area (Å²) in [6.07, 6.45) is 1.75. The van der Waals surface area contributed by atoms with Crippen LogP contribution in [0.1, 0.15) is 35.2 Å². The fourth-order valence-electron chi connectivity index (χ4n) is 2.84. The predicted octanol–water partition coefficient (Wildman–Crippen LogP) is 3.76. The van der Waals surface area contributed by atoms with Gasteiger partial charge in [-0.05, 0) is 51.5 Å². The van der Waals surface area contributed by atoms with E-state index in [1.54, 1.807) is 37.3 Å². The average molecular weight is 455 g/mol. The van der Waals surface area contributed by atoms with Crippen molar-refractivity contribution in [2.75, 3.05) is 12.4 Å². The Morgan fingerprint density at radius 1 is 1.12 bits per heavy atom. The topological polar surface area (TPSA) is 126 Å². The van der Waals surface area contributed by atoms with Crippen molar-refractivity contribution < 1.29 is 32.8 Å². The normalized spacial score (nSPS) is 11.9.